The number of benzene rings is 1. The molecule has 0 saturated heterocycles. The molecule has 18 heavy (non-hydrogen) atoms. The maximum atomic E-state index is 11.0. The van der Waals surface area contributed by atoms with Gasteiger partial charge in [0.15, 0.2) is 0 Å². The normalized spacial score (nSPS) is 13.9. The molecule has 0 bridgehead atoms. The average Bonchev–Trinajstić information content (AvgIpc) is 2.26. The van der Waals surface area contributed by atoms with Crippen LogP contribution in [0.2, 0.25) is 0 Å². The molecule has 0 aliphatic heterocycles. The number of aliphatic hydroxyl groups is 2. The first-order valence-corrected chi connectivity index (χ1v) is 5.04. The zero-order chi connectivity index (χ0) is 13.9. The van der Waals surface area contributed by atoms with E-state index in [2.05, 4.69) is 0 Å². The van der Waals surface area contributed by atoms with Crippen LogP contribution in [0, 0.1) is 0 Å². The first-order valence-electron chi connectivity index (χ1n) is 5.04. The van der Waals surface area contributed by atoms with Crippen LogP contribution in [0.5, 0.6) is 0 Å². The molecule has 0 aliphatic rings. The minimum Gasteiger partial charge on any atom is -0.481 e. The molecular formula is C11H13NO6. The number of rotatable bonds is 5. The van der Waals surface area contributed by atoms with Crippen LogP contribution in [-0.2, 0) is 4.79 Å². The van der Waals surface area contributed by atoms with Gasteiger partial charge in [-0.1, -0.05) is 12.1 Å². The van der Waals surface area contributed by atoms with Gasteiger partial charge < -0.3 is 26.2 Å². The van der Waals surface area contributed by atoms with E-state index >= 15 is 0 Å². The zero-order valence-corrected chi connectivity index (χ0v) is 9.28. The number of carboxylic acid groups (broad SMARTS) is 2. The van der Waals surface area contributed by atoms with Gasteiger partial charge in [-0.05, 0) is 11.6 Å². The highest BCUT2D eigenvalue weighted by Gasteiger charge is 2.26. The molecule has 6 N–H and O–H groups in total. The highest BCUT2D eigenvalue weighted by molar-refractivity contribution is 5.95. The summed E-state index contributed by atoms with van der Waals surface area (Å²) in [6.45, 7) is 0. The first kappa shape index (κ1) is 13.9. The third-order valence-electron chi connectivity index (χ3n) is 2.41. The molecule has 0 radical (unpaired) electrons. The topological polar surface area (TPSA) is 141 Å². The van der Waals surface area contributed by atoms with Crippen LogP contribution in [0.15, 0.2) is 18.2 Å². The molecule has 2 atom stereocenters. The van der Waals surface area contributed by atoms with Crippen molar-refractivity contribution in [1.29, 1.82) is 0 Å². The predicted octanol–water partition coefficient (Wildman–Crippen LogP) is -0.164. The van der Waals surface area contributed by atoms with Crippen LogP contribution in [-0.4, -0.2) is 38.5 Å². The van der Waals surface area contributed by atoms with Gasteiger partial charge >= 0.3 is 11.9 Å². The van der Waals surface area contributed by atoms with Crippen molar-refractivity contribution < 1.29 is 30.0 Å². The third-order valence-corrected chi connectivity index (χ3v) is 2.41. The lowest BCUT2D eigenvalue weighted by Gasteiger charge is -2.19. The number of carboxylic acids is 2. The number of aromatic carboxylic acids is 1. The molecule has 0 spiro atoms. The summed E-state index contributed by atoms with van der Waals surface area (Å²) in [5, 5.41) is 36.7. The van der Waals surface area contributed by atoms with E-state index in [1.807, 2.05) is 0 Å². The van der Waals surface area contributed by atoms with Crippen LogP contribution in [0.4, 0.5) is 5.69 Å². The maximum absolute atomic E-state index is 11.0. The Labute approximate surface area is 102 Å². The average molecular weight is 255 g/mol. The van der Waals surface area contributed by atoms with Crippen molar-refractivity contribution in [3.8, 4) is 0 Å². The van der Waals surface area contributed by atoms with Crippen molar-refractivity contribution >= 4 is 17.6 Å². The number of hydrogen-bond donors (Lipinski definition) is 5. The summed E-state index contributed by atoms with van der Waals surface area (Å²) >= 11 is 0. The van der Waals surface area contributed by atoms with Gasteiger partial charge in [0.25, 0.3) is 0 Å². The summed E-state index contributed by atoms with van der Waals surface area (Å²) in [5.41, 5.74) is 4.95. The predicted molar refractivity (Wildman–Crippen MR) is 61.0 cm³/mol. The number of nitrogen functional groups attached to an aromatic ring is 1. The van der Waals surface area contributed by atoms with Crippen molar-refractivity contribution in [3.05, 3.63) is 29.3 Å². The standard InChI is InChI=1S/C11H13NO6/c12-6-3-1-2-5(9(6)11(17)18)10(16)7(13)4-8(14)15/h1-3,7,10,13,16H,4,12H2,(H,14,15)(H,17,18). The number of aliphatic carboxylic acids is 1. The zero-order valence-electron chi connectivity index (χ0n) is 9.28. The van der Waals surface area contributed by atoms with E-state index in [-0.39, 0.29) is 16.8 Å². The summed E-state index contributed by atoms with van der Waals surface area (Å²) in [6.07, 6.45) is -3.94. The van der Waals surface area contributed by atoms with Crippen molar-refractivity contribution in [2.45, 2.75) is 18.6 Å². The van der Waals surface area contributed by atoms with Crippen LogP contribution < -0.4 is 5.73 Å². The number of aliphatic hydroxyl groups excluding tert-OH is 2. The monoisotopic (exact) mass is 255 g/mol. The second-order valence-corrected chi connectivity index (χ2v) is 3.73. The molecule has 0 aromatic heterocycles. The van der Waals surface area contributed by atoms with Gasteiger partial charge in [-0.3, -0.25) is 4.79 Å². The molecule has 0 saturated carbocycles. The summed E-state index contributed by atoms with van der Waals surface area (Å²) in [6, 6.07) is 4.02. The molecule has 1 rings (SSSR count). The Balaban J connectivity index is 3.12. The number of anilines is 1. The van der Waals surface area contributed by atoms with Crippen molar-refractivity contribution in [1.82, 2.24) is 0 Å². The van der Waals surface area contributed by atoms with Crippen molar-refractivity contribution in [2.75, 3.05) is 5.73 Å². The van der Waals surface area contributed by atoms with Crippen LogP contribution >= 0.6 is 0 Å². The molecule has 0 fully saturated rings. The maximum Gasteiger partial charge on any atom is 0.338 e. The molecule has 2 unspecified atom stereocenters. The minimum atomic E-state index is -1.63. The van der Waals surface area contributed by atoms with Gasteiger partial charge in [-0.2, -0.15) is 0 Å². The minimum absolute atomic E-state index is 0.0680. The Hall–Kier alpha value is -2.12. The third kappa shape index (κ3) is 2.96. The highest BCUT2D eigenvalue weighted by atomic mass is 16.4. The molecular weight excluding hydrogens is 242 g/mol. The Morgan fingerprint density at radius 1 is 1.22 bits per heavy atom. The fraction of sp³-hybridized carbons (Fsp3) is 0.273. The van der Waals surface area contributed by atoms with Crippen molar-refractivity contribution in [2.24, 2.45) is 0 Å². The van der Waals surface area contributed by atoms with Crippen LogP contribution in [0.25, 0.3) is 0 Å². The summed E-state index contributed by atoms with van der Waals surface area (Å²) in [4.78, 5) is 21.4. The van der Waals surface area contributed by atoms with Crippen molar-refractivity contribution in [3.63, 3.8) is 0 Å². The highest BCUT2D eigenvalue weighted by Crippen LogP contribution is 2.26. The summed E-state index contributed by atoms with van der Waals surface area (Å²) < 4.78 is 0. The second kappa shape index (κ2) is 5.48. The quantitative estimate of drug-likeness (QED) is 0.460. The number of hydrogen-bond acceptors (Lipinski definition) is 5. The molecule has 0 amide bonds. The lowest BCUT2D eigenvalue weighted by Crippen LogP contribution is -2.24. The summed E-state index contributed by atoms with van der Waals surface area (Å²) in [5.74, 6) is -2.66. The fourth-order valence-corrected chi connectivity index (χ4v) is 1.58. The molecule has 1 aromatic rings. The molecule has 0 aliphatic carbocycles. The smallest absolute Gasteiger partial charge is 0.338 e. The summed E-state index contributed by atoms with van der Waals surface area (Å²) in [7, 11) is 0. The lowest BCUT2D eigenvalue weighted by atomic mass is 9.96. The molecule has 7 heteroatoms. The van der Waals surface area contributed by atoms with E-state index in [0.717, 1.165) is 0 Å². The molecule has 7 nitrogen and oxygen atoms in total. The molecule has 98 valence electrons. The molecule has 0 heterocycles. The SMILES string of the molecule is Nc1cccc(C(O)C(O)CC(=O)O)c1C(=O)O. The second-order valence-electron chi connectivity index (χ2n) is 3.73. The van der Waals surface area contributed by atoms with E-state index in [1.54, 1.807) is 0 Å². The number of carbonyl (C=O) groups is 2. The van der Waals surface area contributed by atoms with E-state index < -0.39 is 30.6 Å². The first-order chi connectivity index (χ1) is 8.34. The Kier molecular flexibility index (Phi) is 4.24. The Morgan fingerprint density at radius 3 is 2.33 bits per heavy atom. The van der Waals surface area contributed by atoms with Crippen LogP contribution in [0.3, 0.4) is 0 Å². The van der Waals surface area contributed by atoms with Gasteiger partial charge in [-0.25, -0.2) is 4.79 Å². The Morgan fingerprint density at radius 2 is 1.83 bits per heavy atom. The van der Waals surface area contributed by atoms with Gasteiger partial charge in [-0.15, -0.1) is 0 Å². The fourth-order valence-electron chi connectivity index (χ4n) is 1.58. The largest absolute Gasteiger partial charge is 0.481 e. The van der Waals surface area contributed by atoms with Gasteiger partial charge in [0.2, 0.25) is 0 Å². The Bertz CT molecular complexity index is 473. The van der Waals surface area contributed by atoms with E-state index in [4.69, 9.17) is 15.9 Å². The van der Waals surface area contributed by atoms with Gasteiger partial charge in [0.1, 0.15) is 6.10 Å². The van der Waals surface area contributed by atoms with Gasteiger partial charge in [0.05, 0.1) is 18.1 Å². The lowest BCUT2D eigenvalue weighted by molar-refractivity contribution is -0.141. The van der Waals surface area contributed by atoms with Crippen LogP contribution in [0.1, 0.15) is 28.4 Å². The van der Waals surface area contributed by atoms with E-state index in [1.165, 1.54) is 18.2 Å². The van der Waals surface area contributed by atoms with E-state index in [9.17, 15) is 19.8 Å². The number of nitrogens with two attached hydrogens (primary N) is 1. The van der Waals surface area contributed by atoms with E-state index in [0.29, 0.717) is 0 Å². The van der Waals surface area contributed by atoms with Gasteiger partial charge in [0, 0.05) is 5.69 Å². The molecule has 1 aromatic carbocycles.